The summed E-state index contributed by atoms with van der Waals surface area (Å²) >= 11 is 0. The molecule has 0 saturated carbocycles. The minimum atomic E-state index is -3.45. The Kier molecular flexibility index (Phi) is 4.85. The number of rotatable bonds is 5. The molecule has 0 atom stereocenters. The lowest BCUT2D eigenvalue weighted by Gasteiger charge is -2.26. The van der Waals surface area contributed by atoms with Crippen molar-refractivity contribution in [1.82, 2.24) is 4.31 Å². The van der Waals surface area contributed by atoms with Gasteiger partial charge in [0, 0.05) is 19.6 Å². The molecule has 6 nitrogen and oxygen atoms in total. The molecule has 1 aliphatic rings. The van der Waals surface area contributed by atoms with Gasteiger partial charge in [0.25, 0.3) is 0 Å². The Bertz CT molecular complexity index is 554. The van der Waals surface area contributed by atoms with Crippen LogP contribution in [0.15, 0.2) is 23.1 Å². The van der Waals surface area contributed by atoms with Gasteiger partial charge in [-0.25, -0.2) is 8.42 Å². The summed E-state index contributed by atoms with van der Waals surface area (Å²) in [5.74, 6) is 0. The Morgan fingerprint density at radius 1 is 1.25 bits per heavy atom. The van der Waals surface area contributed by atoms with E-state index in [4.69, 9.17) is 10.8 Å². The first-order valence-electron chi connectivity index (χ1n) is 6.80. The normalized spacial score (nSPS) is 17.1. The van der Waals surface area contributed by atoms with Gasteiger partial charge in [-0.1, -0.05) is 6.42 Å². The van der Waals surface area contributed by atoms with Gasteiger partial charge < -0.3 is 16.2 Å². The number of sulfonamides is 1. The van der Waals surface area contributed by atoms with Crippen LogP contribution in [0, 0.1) is 0 Å². The van der Waals surface area contributed by atoms with Crippen molar-refractivity contribution < 1.29 is 13.5 Å². The second-order valence-corrected chi connectivity index (χ2v) is 6.80. The van der Waals surface area contributed by atoms with Gasteiger partial charge in [-0.2, -0.15) is 4.31 Å². The van der Waals surface area contributed by atoms with Crippen LogP contribution in [0.4, 0.5) is 11.4 Å². The molecule has 1 fully saturated rings. The molecule has 0 bridgehead atoms. The zero-order valence-electron chi connectivity index (χ0n) is 11.4. The molecule has 0 amide bonds. The number of hydrogen-bond donors (Lipinski definition) is 3. The van der Waals surface area contributed by atoms with Gasteiger partial charge in [-0.15, -0.1) is 0 Å². The number of anilines is 2. The molecule has 112 valence electrons. The van der Waals surface area contributed by atoms with E-state index in [1.54, 1.807) is 6.07 Å². The van der Waals surface area contributed by atoms with Gasteiger partial charge >= 0.3 is 0 Å². The molecule has 1 saturated heterocycles. The molecule has 1 aliphatic heterocycles. The van der Waals surface area contributed by atoms with E-state index in [1.165, 1.54) is 16.4 Å². The maximum atomic E-state index is 12.5. The smallest absolute Gasteiger partial charge is 0.243 e. The van der Waals surface area contributed by atoms with E-state index in [0.717, 1.165) is 19.3 Å². The quantitative estimate of drug-likeness (QED) is 0.701. The molecule has 2 rings (SSSR count). The zero-order valence-corrected chi connectivity index (χ0v) is 12.2. The van der Waals surface area contributed by atoms with Crippen LogP contribution >= 0.6 is 0 Å². The summed E-state index contributed by atoms with van der Waals surface area (Å²) < 4.78 is 26.6. The molecule has 1 aromatic carbocycles. The Hall–Kier alpha value is -1.31. The van der Waals surface area contributed by atoms with E-state index in [1.807, 2.05) is 0 Å². The topological polar surface area (TPSA) is 95.7 Å². The van der Waals surface area contributed by atoms with E-state index in [-0.39, 0.29) is 11.5 Å². The number of nitrogens with one attached hydrogen (secondary N) is 1. The third-order valence-corrected chi connectivity index (χ3v) is 5.30. The number of piperidine rings is 1. The number of aliphatic hydroxyl groups is 1. The summed E-state index contributed by atoms with van der Waals surface area (Å²) in [7, 11) is -3.45. The lowest BCUT2D eigenvalue weighted by atomic mass is 10.2. The van der Waals surface area contributed by atoms with Gasteiger partial charge in [0.15, 0.2) is 0 Å². The summed E-state index contributed by atoms with van der Waals surface area (Å²) in [5.41, 5.74) is 6.81. The maximum Gasteiger partial charge on any atom is 0.243 e. The number of aliphatic hydroxyl groups excluding tert-OH is 1. The minimum Gasteiger partial charge on any atom is -0.397 e. The van der Waals surface area contributed by atoms with Crippen molar-refractivity contribution in [3.63, 3.8) is 0 Å². The minimum absolute atomic E-state index is 0.0391. The summed E-state index contributed by atoms with van der Waals surface area (Å²) in [6, 6.07) is 4.65. The van der Waals surface area contributed by atoms with Crippen molar-refractivity contribution in [2.24, 2.45) is 0 Å². The molecule has 0 unspecified atom stereocenters. The van der Waals surface area contributed by atoms with E-state index in [0.29, 0.717) is 31.0 Å². The number of nitrogens with two attached hydrogens (primary N) is 1. The summed E-state index contributed by atoms with van der Waals surface area (Å²) in [4.78, 5) is 0.244. The molecule has 0 spiro atoms. The van der Waals surface area contributed by atoms with Crippen molar-refractivity contribution in [3.05, 3.63) is 18.2 Å². The van der Waals surface area contributed by atoms with Crippen LogP contribution in [0.1, 0.15) is 19.3 Å². The van der Waals surface area contributed by atoms with Crippen LogP contribution in [-0.4, -0.2) is 44.1 Å². The van der Waals surface area contributed by atoms with Crippen molar-refractivity contribution >= 4 is 21.4 Å². The average Bonchev–Trinajstić information content (AvgIpc) is 2.47. The lowest BCUT2D eigenvalue weighted by Crippen LogP contribution is -2.35. The van der Waals surface area contributed by atoms with Crippen LogP contribution in [-0.2, 0) is 10.0 Å². The molecule has 1 aromatic rings. The summed E-state index contributed by atoms with van der Waals surface area (Å²) in [6.45, 7) is 1.44. The SMILES string of the molecule is Nc1ccc(S(=O)(=O)N2CCCCC2)cc1NCCO. The highest BCUT2D eigenvalue weighted by atomic mass is 32.2. The Balaban J connectivity index is 2.26. The third kappa shape index (κ3) is 3.23. The summed E-state index contributed by atoms with van der Waals surface area (Å²) in [5, 5.41) is 11.7. The summed E-state index contributed by atoms with van der Waals surface area (Å²) in [6.07, 6.45) is 2.89. The molecule has 0 radical (unpaired) electrons. The fourth-order valence-electron chi connectivity index (χ4n) is 2.29. The van der Waals surface area contributed by atoms with E-state index in [9.17, 15) is 8.42 Å². The fourth-order valence-corrected chi connectivity index (χ4v) is 3.84. The first-order valence-corrected chi connectivity index (χ1v) is 8.24. The second-order valence-electron chi connectivity index (χ2n) is 4.86. The molecule has 20 heavy (non-hydrogen) atoms. The number of hydrogen-bond acceptors (Lipinski definition) is 5. The second kappa shape index (κ2) is 6.43. The Morgan fingerprint density at radius 2 is 1.95 bits per heavy atom. The maximum absolute atomic E-state index is 12.5. The monoisotopic (exact) mass is 299 g/mol. The van der Waals surface area contributed by atoms with Crippen LogP contribution in [0.25, 0.3) is 0 Å². The van der Waals surface area contributed by atoms with Gasteiger partial charge in [0.05, 0.1) is 22.9 Å². The van der Waals surface area contributed by atoms with Crippen molar-refractivity contribution in [2.75, 3.05) is 37.3 Å². The molecular weight excluding hydrogens is 278 g/mol. The van der Waals surface area contributed by atoms with Crippen LogP contribution in [0.5, 0.6) is 0 Å². The number of nitrogens with zero attached hydrogens (tertiary/aromatic N) is 1. The van der Waals surface area contributed by atoms with Crippen LogP contribution in [0.3, 0.4) is 0 Å². The van der Waals surface area contributed by atoms with E-state index >= 15 is 0 Å². The molecule has 4 N–H and O–H groups in total. The molecule has 0 aromatic heterocycles. The standard InChI is InChI=1S/C13H21N3O3S/c14-12-5-4-11(10-13(12)15-6-9-17)20(18,19)16-7-2-1-3-8-16/h4-5,10,15,17H,1-3,6-9,14H2. The van der Waals surface area contributed by atoms with Crippen molar-refractivity contribution in [3.8, 4) is 0 Å². The predicted octanol–water partition coefficient (Wildman–Crippen LogP) is 0.848. The first kappa shape index (κ1) is 15.1. The van der Waals surface area contributed by atoms with E-state index < -0.39 is 10.0 Å². The first-order chi connectivity index (χ1) is 9.55. The largest absolute Gasteiger partial charge is 0.397 e. The zero-order chi connectivity index (χ0) is 14.6. The van der Waals surface area contributed by atoms with Crippen molar-refractivity contribution in [1.29, 1.82) is 0 Å². The Morgan fingerprint density at radius 3 is 2.60 bits per heavy atom. The third-order valence-electron chi connectivity index (χ3n) is 3.40. The fraction of sp³-hybridized carbons (Fsp3) is 0.538. The predicted molar refractivity (Wildman–Crippen MR) is 79.0 cm³/mol. The highest BCUT2D eigenvalue weighted by Gasteiger charge is 2.26. The van der Waals surface area contributed by atoms with E-state index in [2.05, 4.69) is 5.32 Å². The van der Waals surface area contributed by atoms with Crippen molar-refractivity contribution in [2.45, 2.75) is 24.2 Å². The van der Waals surface area contributed by atoms with Crippen LogP contribution < -0.4 is 11.1 Å². The number of nitrogen functional groups attached to an aromatic ring is 1. The highest BCUT2D eigenvalue weighted by molar-refractivity contribution is 7.89. The lowest BCUT2D eigenvalue weighted by molar-refractivity contribution is 0.311. The Labute approximate surface area is 119 Å². The van der Waals surface area contributed by atoms with Gasteiger partial charge in [-0.3, -0.25) is 0 Å². The number of benzene rings is 1. The average molecular weight is 299 g/mol. The van der Waals surface area contributed by atoms with Gasteiger partial charge in [-0.05, 0) is 31.0 Å². The molecular formula is C13H21N3O3S. The highest BCUT2D eigenvalue weighted by Crippen LogP contribution is 2.26. The molecule has 1 heterocycles. The molecule has 7 heteroatoms. The van der Waals surface area contributed by atoms with Gasteiger partial charge in [0.1, 0.15) is 0 Å². The van der Waals surface area contributed by atoms with Crippen LogP contribution in [0.2, 0.25) is 0 Å². The van der Waals surface area contributed by atoms with Gasteiger partial charge in [0.2, 0.25) is 10.0 Å². The molecule has 0 aliphatic carbocycles.